The van der Waals surface area contributed by atoms with E-state index in [4.69, 9.17) is 5.73 Å². The van der Waals surface area contributed by atoms with E-state index in [0.29, 0.717) is 17.6 Å². The topological polar surface area (TPSA) is 103 Å². The zero-order valence-electron chi connectivity index (χ0n) is 12.4. The average molecular weight is 351 g/mol. The smallest absolute Gasteiger partial charge is 0.237 e. The number of hydrogen-bond donors (Lipinski definition) is 2. The maximum absolute atomic E-state index is 11.9. The van der Waals surface area contributed by atoms with Crippen LogP contribution in [0.25, 0.3) is 0 Å². The Labute approximate surface area is 141 Å². The van der Waals surface area contributed by atoms with Gasteiger partial charge in [0.05, 0.1) is 12.3 Å². The highest BCUT2D eigenvalue weighted by Gasteiger charge is 2.30. The summed E-state index contributed by atoms with van der Waals surface area (Å²) in [7, 11) is 0. The van der Waals surface area contributed by atoms with Crippen LogP contribution < -0.4 is 11.1 Å². The molecule has 1 aliphatic rings. The molecule has 2 aromatic rings. The lowest BCUT2D eigenvalue weighted by Gasteiger charge is -2.07. The summed E-state index contributed by atoms with van der Waals surface area (Å²) < 4.78 is 1.73. The predicted octanol–water partition coefficient (Wildman–Crippen LogP) is 1.11. The van der Waals surface area contributed by atoms with Gasteiger partial charge in [0.2, 0.25) is 11.8 Å². The van der Waals surface area contributed by atoms with E-state index in [2.05, 4.69) is 15.5 Å². The number of primary amides is 1. The number of carbonyl (C=O) groups excluding carboxylic acids is 2. The van der Waals surface area contributed by atoms with Gasteiger partial charge in [0.1, 0.15) is 12.4 Å². The van der Waals surface area contributed by atoms with Crippen LogP contribution in [0.5, 0.6) is 0 Å². The van der Waals surface area contributed by atoms with Gasteiger partial charge in [-0.3, -0.25) is 14.2 Å². The fourth-order valence-electron chi connectivity index (χ4n) is 2.13. The molecule has 0 spiro atoms. The highest BCUT2D eigenvalue weighted by Crippen LogP contribution is 2.39. The van der Waals surface area contributed by atoms with Crippen molar-refractivity contribution in [1.29, 1.82) is 0 Å². The maximum atomic E-state index is 11.9. The molecule has 122 valence electrons. The van der Waals surface area contributed by atoms with Crippen LogP contribution in [-0.2, 0) is 22.7 Å². The first-order valence-electron chi connectivity index (χ1n) is 7.26. The Morgan fingerprint density at radius 1 is 1.43 bits per heavy atom. The zero-order chi connectivity index (χ0) is 16.2. The summed E-state index contributed by atoms with van der Waals surface area (Å²) in [4.78, 5) is 24.3. The van der Waals surface area contributed by atoms with Gasteiger partial charge >= 0.3 is 0 Å². The zero-order valence-corrected chi connectivity index (χ0v) is 14.0. The van der Waals surface area contributed by atoms with E-state index in [0.717, 1.165) is 23.5 Å². The number of nitrogens with zero attached hydrogens (tertiary/aromatic N) is 3. The Kier molecular flexibility index (Phi) is 4.97. The molecule has 1 aliphatic carbocycles. The van der Waals surface area contributed by atoms with Crippen molar-refractivity contribution < 1.29 is 9.59 Å². The summed E-state index contributed by atoms with van der Waals surface area (Å²) in [5.41, 5.74) is 5.30. The number of hydrogen-bond acceptors (Lipinski definition) is 6. The highest BCUT2D eigenvalue weighted by atomic mass is 32.2. The van der Waals surface area contributed by atoms with Gasteiger partial charge in [0, 0.05) is 10.8 Å². The summed E-state index contributed by atoms with van der Waals surface area (Å²) >= 11 is 2.88. The normalized spacial score (nSPS) is 13.9. The number of amides is 2. The Bertz CT molecular complexity index is 694. The van der Waals surface area contributed by atoms with Crippen molar-refractivity contribution in [3.63, 3.8) is 0 Å². The first-order chi connectivity index (χ1) is 11.1. The van der Waals surface area contributed by atoms with Crippen LogP contribution in [0, 0.1) is 0 Å². The van der Waals surface area contributed by atoms with Crippen LogP contribution in [0.15, 0.2) is 22.7 Å². The monoisotopic (exact) mass is 351 g/mol. The van der Waals surface area contributed by atoms with Crippen molar-refractivity contribution in [1.82, 2.24) is 20.1 Å². The van der Waals surface area contributed by atoms with E-state index in [1.165, 1.54) is 11.8 Å². The van der Waals surface area contributed by atoms with Gasteiger partial charge in [-0.05, 0) is 24.3 Å². The van der Waals surface area contributed by atoms with Gasteiger partial charge < -0.3 is 11.1 Å². The van der Waals surface area contributed by atoms with Crippen molar-refractivity contribution in [3.8, 4) is 0 Å². The lowest BCUT2D eigenvalue weighted by atomic mass is 10.4. The predicted molar refractivity (Wildman–Crippen MR) is 88.1 cm³/mol. The van der Waals surface area contributed by atoms with E-state index in [1.54, 1.807) is 15.9 Å². The molecule has 0 radical (unpaired) electrons. The molecular formula is C14H17N5O2S2. The fourth-order valence-corrected chi connectivity index (χ4v) is 3.55. The minimum atomic E-state index is -0.435. The molecule has 3 rings (SSSR count). The molecule has 0 aromatic carbocycles. The van der Waals surface area contributed by atoms with E-state index in [1.807, 2.05) is 17.5 Å². The standard InChI is InChI=1S/C14H17N5O2S2/c15-11(20)7-19-13(9-3-4-9)17-18-14(19)23-8-12(21)16-6-10-2-1-5-22-10/h1-2,5,9H,3-4,6-8H2,(H2,15,20)(H,16,21). The number of thiophene rings is 1. The third-order valence-electron chi connectivity index (χ3n) is 3.37. The molecule has 0 unspecified atom stereocenters. The van der Waals surface area contributed by atoms with Gasteiger partial charge in [0.25, 0.3) is 0 Å². The lowest BCUT2D eigenvalue weighted by Crippen LogP contribution is -2.25. The quantitative estimate of drug-likeness (QED) is 0.694. The molecule has 2 aromatic heterocycles. The Balaban J connectivity index is 1.56. The number of aromatic nitrogens is 3. The summed E-state index contributed by atoms with van der Waals surface area (Å²) in [5, 5.41) is 13.7. The van der Waals surface area contributed by atoms with Crippen LogP contribution in [0.2, 0.25) is 0 Å². The highest BCUT2D eigenvalue weighted by molar-refractivity contribution is 7.99. The first kappa shape index (κ1) is 16.0. The molecule has 2 heterocycles. The molecule has 0 aliphatic heterocycles. The third-order valence-corrected chi connectivity index (χ3v) is 5.22. The minimum Gasteiger partial charge on any atom is -0.368 e. The molecular weight excluding hydrogens is 334 g/mol. The van der Waals surface area contributed by atoms with Crippen molar-refractivity contribution in [2.24, 2.45) is 5.73 Å². The summed E-state index contributed by atoms with van der Waals surface area (Å²) in [6.45, 7) is 0.580. The van der Waals surface area contributed by atoms with Gasteiger partial charge in [-0.15, -0.1) is 21.5 Å². The minimum absolute atomic E-state index is 0.0536. The first-order valence-corrected chi connectivity index (χ1v) is 9.13. The van der Waals surface area contributed by atoms with Crippen LogP contribution in [0.3, 0.4) is 0 Å². The summed E-state index contributed by atoms with van der Waals surface area (Å²) in [5.74, 6) is 0.877. The molecule has 0 atom stereocenters. The van der Waals surface area contributed by atoms with Crippen molar-refractivity contribution >= 4 is 34.9 Å². The third kappa shape index (κ3) is 4.32. The van der Waals surface area contributed by atoms with E-state index in [-0.39, 0.29) is 18.2 Å². The number of thioether (sulfide) groups is 1. The summed E-state index contributed by atoms with van der Waals surface area (Å²) in [6.07, 6.45) is 2.12. The Hall–Kier alpha value is -1.87. The molecule has 9 heteroatoms. The van der Waals surface area contributed by atoms with E-state index >= 15 is 0 Å². The molecule has 2 amide bonds. The maximum Gasteiger partial charge on any atom is 0.237 e. The van der Waals surface area contributed by atoms with Crippen molar-refractivity contribution in [2.45, 2.75) is 37.0 Å². The molecule has 3 N–H and O–H groups in total. The second kappa shape index (κ2) is 7.14. The molecule has 0 bridgehead atoms. The Morgan fingerprint density at radius 3 is 2.91 bits per heavy atom. The van der Waals surface area contributed by atoms with Crippen LogP contribution in [0.1, 0.15) is 29.5 Å². The van der Waals surface area contributed by atoms with Gasteiger partial charge in [0.15, 0.2) is 5.16 Å². The van der Waals surface area contributed by atoms with E-state index in [9.17, 15) is 9.59 Å². The molecule has 1 fully saturated rings. The van der Waals surface area contributed by atoms with Gasteiger partial charge in [-0.2, -0.15) is 0 Å². The molecule has 1 saturated carbocycles. The number of rotatable bonds is 8. The number of carbonyl (C=O) groups is 2. The summed E-state index contributed by atoms with van der Waals surface area (Å²) in [6, 6.07) is 3.93. The lowest BCUT2D eigenvalue weighted by molar-refractivity contribution is -0.119. The second-order valence-corrected chi connectivity index (χ2v) is 7.29. The van der Waals surface area contributed by atoms with Gasteiger partial charge in [-0.25, -0.2) is 0 Å². The van der Waals surface area contributed by atoms with Crippen molar-refractivity contribution in [3.05, 3.63) is 28.2 Å². The fraction of sp³-hybridized carbons (Fsp3) is 0.429. The van der Waals surface area contributed by atoms with Crippen LogP contribution >= 0.6 is 23.1 Å². The van der Waals surface area contributed by atoms with Crippen LogP contribution in [-0.4, -0.2) is 32.3 Å². The number of nitrogens with two attached hydrogens (primary N) is 1. The molecule has 23 heavy (non-hydrogen) atoms. The van der Waals surface area contributed by atoms with E-state index < -0.39 is 5.91 Å². The number of nitrogens with one attached hydrogen (secondary N) is 1. The Morgan fingerprint density at radius 2 is 2.26 bits per heavy atom. The SMILES string of the molecule is NC(=O)Cn1c(SCC(=O)NCc2cccs2)nnc1C1CC1. The molecule has 0 saturated heterocycles. The van der Waals surface area contributed by atoms with Crippen LogP contribution in [0.4, 0.5) is 0 Å². The van der Waals surface area contributed by atoms with Crippen molar-refractivity contribution in [2.75, 3.05) is 5.75 Å². The second-order valence-electron chi connectivity index (χ2n) is 5.31. The largest absolute Gasteiger partial charge is 0.368 e. The molecule has 7 nitrogen and oxygen atoms in total. The average Bonchev–Trinajstić information content (AvgIpc) is 3.08. The van der Waals surface area contributed by atoms with Gasteiger partial charge in [-0.1, -0.05) is 17.8 Å².